The Morgan fingerprint density at radius 1 is 1.03 bits per heavy atom. The monoisotopic (exact) mass is 439 g/mol. The first-order valence-corrected chi connectivity index (χ1v) is 9.72. The maximum atomic E-state index is 13.3. The van der Waals surface area contributed by atoms with Gasteiger partial charge in [-0.15, -0.1) is 0 Å². The lowest BCUT2D eigenvalue weighted by atomic mass is 10.1. The predicted octanol–water partition coefficient (Wildman–Crippen LogP) is 4.10. The van der Waals surface area contributed by atoms with E-state index in [1.54, 1.807) is 25.7 Å². The maximum absolute atomic E-state index is 13.3. The number of aromatic nitrogens is 1. The number of hydrogen-bond acceptors (Lipinski definition) is 6. The number of fused-ring (bicyclic) bond motifs is 1. The topological polar surface area (TPSA) is 72.0 Å². The van der Waals surface area contributed by atoms with Crippen LogP contribution in [0.15, 0.2) is 24.3 Å². The standard InChI is InChI=1S/C21H24F3N3O4/c1-20(2,3)31-19(29)27-9-7-26(8-10-27)17-12-16(18(28)30-4)25-15-6-5-13(11-14(15)17)21(22,23)24/h5-6,11-12H,7-10H2,1-4H3. The number of methoxy groups -OCH3 is 1. The van der Waals surface area contributed by atoms with Crippen molar-refractivity contribution in [2.24, 2.45) is 0 Å². The van der Waals surface area contributed by atoms with Crippen molar-refractivity contribution in [1.29, 1.82) is 0 Å². The van der Waals surface area contributed by atoms with Gasteiger partial charge in [-0.3, -0.25) is 0 Å². The van der Waals surface area contributed by atoms with Crippen molar-refractivity contribution in [2.45, 2.75) is 32.5 Å². The van der Waals surface area contributed by atoms with Gasteiger partial charge in [0.25, 0.3) is 0 Å². The Morgan fingerprint density at radius 3 is 2.23 bits per heavy atom. The summed E-state index contributed by atoms with van der Waals surface area (Å²) in [6.07, 6.45) is -4.96. The van der Waals surface area contributed by atoms with Gasteiger partial charge < -0.3 is 19.3 Å². The van der Waals surface area contributed by atoms with E-state index in [0.717, 1.165) is 12.1 Å². The van der Waals surface area contributed by atoms with Crippen molar-refractivity contribution >= 4 is 28.7 Å². The van der Waals surface area contributed by atoms with Crippen LogP contribution in [0.1, 0.15) is 36.8 Å². The molecule has 0 atom stereocenters. The predicted molar refractivity (Wildman–Crippen MR) is 108 cm³/mol. The average molecular weight is 439 g/mol. The van der Waals surface area contributed by atoms with E-state index in [1.807, 2.05) is 4.90 Å². The Morgan fingerprint density at radius 2 is 1.68 bits per heavy atom. The Hall–Kier alpha value is -3.04. The van der Waals surface area contributed by atoms with Crippen molar-refractivity contribution in [3.05, 3.63) is 35.5 Å². The molecular formula is C21H24F3N3O4. The van der Waals surface area contributed by atoms with Crippen molar-refractivity contribution in [3.63, 3.8) is 0 Å². The molecule has 0 aliphatic carbocycles. The van der Waals surface area contributed by atoms with Crippen LogP contribution in [-0.4, -0.2) is 60.8 Å². The van der Waals surface area contributed by atoms with Gasteiger partial charge in [0.15, 0.2) is 5.69 Å². The summed E-state index contributed by atoms with van der Waals surface area (Å²) in [7, 11) is 1.21. The minimum absolute atomic E-state index is 0.000620. The van der Waals surface area contributed by atoms with E-state index in [0.29, 0.717) is 31.9 Å². The number of pyridine rings is 1. The number of anilines is 1. The molecular weight excluding hydrogens is 415 g/mol. The Labute approximate surface area is 177 Å². The van der Waals surface area contributed by atoms with Gasteiger partial charge in [-0.1, -0.05) is 0 Å². The quantitative estimate of drug-likeness (QED) is 0.657. The number of nitrogens with zero attached hydrogens (tertiary/aromatic N) is 3. The van der Waals surface area contributed by atoms with Crippen molar-refractivity contribution < 1.29 is 32.2 Å². The van der Waals surface area contributed by atoms with Gasteiger partial charge in [0.1, 0.15) is 5.60 Å². The van der Waals surface area contributed by atoms with Crippen LogP contribution in [0.3, 0.4) is 0 Å². The van der Waals surface area contributed by atoms with E-state index in [-0.39, 0.29) is 16.6 Å². The molecule has 7 nitrogen and oxygen atoms in total. The molecule has 0 bridgehead atoms. The summed E-state index contributed by atoms with van der Waals surface area (Å²) in [6.45, 7) is 6.69. The van der Waals surface area contributed by atoms with Crippen LogP contribution >= 0.6 is 0 Å². The third-order valence-electron chi connectivity index (χ3n) is 4.78. The number of amides is 1. The fourth-order valence-corrected chi connectivity index (χ4v) is 3.31. The van der Waals surface area contributed by atoms with Crippen molar-refractivity contribution in [2.75, 3.05) is 38.2 Å². The summed E-state index contributed by atoms with van der Waals surface area (Å²) in [5.41, 5.74) is -0.750. The summed E-state index contributed by atoms with van der Waals surface area (Å²) in [6, 6.07) is 4.63. The Balaban J connectivity index is 1.94. The minimum Gasteiger partial charge on any atom is -0.464 e. The zero-order valence-electron chi connectivity index (χ0n) is 17.7. The SMILES string of the molecule is COC(=O)c1cc(N2CCN(C(=O)OC(C)(C)C)CC2)c2cc(C(F)(F)F)ccc2n1. The maximum Gasteiger partial charge on any atom is 0.416 e. The number of rotatable bonds is 2. The number of carbonyl (C=O) groups is 2. The smallest absolute Gasteiger partial charge is 0.416 e. The van der Waals surface area contributed by atoms with Gasteiger partial charge in [-0.2, -0.15) is 13.2 Å². The molecule has 1 aliphatic rings. The zero-order chi connectivity index (χ0) is 23.0. The molecule has 10 heteroatoms. The van der Waals surface area contributed by atoms with E-state index in [4.69, 9.17) is 9.47 Å². The summed E-state index contributed by atoms with van der Waals surface area (Å²) in [4.78, 5) is 31.9. The van der Waals surface area contributed by atoms with Crippen LogP contribution in [0.2, 0.25) is 0 Å². The van der Waals surface area contributed by atoms with Gasteiger partial charge in [0.05, 0.1) is 18.2 Å². The molecule has 0 unspecified atom stereocenters. The average Bonchev–Trinajstić information content (AvgIpc) is 2.70. The molecule has 168 valence electrons. The number of halogens is 3. The van der Waals surface area contributed by atoms with E-state index in [9.17, 15) is 22.8 Å². The first kappa shape index (κ1) is 22.6. The Bertz CT molecular complexity index is 994. The molecule has 0 N–H and O–H groups in total. The number of benzene rings is 1. The largest absolute Gasteiger partial charge is 0.464 e. The highest BCUT2D eigenvalue weighted by Gasteiger charge is 2.32. The highest BCUT2D eigenvalue weighted by Crippen LogP contribution is 2.35. The number of ether oxygens (including phenoxy) is 2. The second-order valence-corrected chi connectivity index (χ2v) is 8.20. The lowest BCUT2D eigenvalue weighted by molar-refractivity contribution is -0.137. The van der Waals surface area contributed by atoms with Gasteiger partial charge in [0, 0.05) is 37.3 Å². The highest BCUT2D eigenvalue weighted by molar-refractivity contribution is 5.98. The zero-order valence-corrected chi connectivity index (χ0v) is 17.7. The van der Waals surface area contributed by atoms with E-state index < -0.39 is 29.4 Å². The van der Waals surface area contributed by atoms with E-state index in [1.165, 1.54) is 19.2 Å². The number of piperazine rings is 1. The summed E-state index contributed by atoms with van der Waals surface area (Å²) < 4.78 is 49.9. The number of carbonyl (C=O) groups excluding carboxylic acids is 2. The first-order chi connectivity index (χ1) is 14.4. The molecule has 0 saturated carbocycles. The molecule has 3 rings (SSSR count). The number of alkyl halides is 3. The highest BCUT2D eigenvalue weighted by atomic mass is 19.4. The van der Waals surface area contributed by atoms with E-state index in [2.05, 4.69) is 4.98 Å². The fraction of sp³-hybridized carbons (Fsp3) is 0.476. The van der Waals surface area contributed by atoms with Crippen LogP contribution in [0.5, 0.6) is 0 Å². The molecule has 1 aromatic heterocycles. The molecule has 1 amide bonds. The van der Waals surface area contributed by atoms with Gasteiger partial charge in [0.2, 0.25) is 0 Å². The lowest BCUT2D eigenvalue weighted by Crippen LogP contribution is -2.50. The Kier molecular flexibility index (Phi) is 6.02. The second-order valence-electron chi connectivity index (χ2n) is 8.20. The molecule has 0 spiro atoms. The third kappa shape index (κ3) is 5.18. The molecule has 1 fully saturated rings. The number of hydrogen-bond donors (Lipinski definition) is 0. The second kappa shape index (κ2) is 8.24. The van der Waals surface area contributed by atoms with E-state index >= 15 is 0 Å². The molecule has 31 heavy (non-hydrogen) atoms. The van der Waals surface area contributed by atoms with Crippen LogP contribution in [0.4, 0.5) is 23.7 Å². The van der Waals surface area contributed by atoms with Crippen LogP contribution in [0, 0.1) is 0 Å². The molecule has 1 aliphatic heterocycles. The normalized spacial score (nSPS) is 15.2. The first-order valence-electron chi connectivity index (χ1n) is 9.72. The minimum atomic E-state index is -4.51. The summed E-state index contributed by atoms with van der Waals surface area (Å²) >= 11 is 0. The summed E-state index contributed by atoms with van der Waals surface area (Å²) in [5, 5.41) is 0.271. The third-order valence-corrected chi connectivity index (χ3v) is 4.78. The fourth-order valence-electron chi connectivity index (χ4n) is 3.31. The molecule has 0 radical (unpaired) electrons. The molecule has 1 aromatic carbocycles. The number of esters is 1. The van der Waals surface area contributed by atoms with Crippen molar-refractivity contribution in [1.82, 2.24) is 9.88 Å². The molecule has 2 aromatic rings. The lowest BCUT2D eigenvalue weighted by Gasteiger charge is -2.37. The van der Waals surface area contributed by atoms with Crippen LogP contribution < -0.4 is 4.90 Å². The molecule has 2 heterocycles. The van der Waals surface area contributed by atoms with Crippen molar-refractivity contribution in [3.8, 4) is 0 Å². The van der Waals surface area contributed by atoms with Crippen LogP contribution in [-0.2, 0) is 15.7 Å². The summed E-state index contributed by atoms with van der Waals surface area (Å²) in [5.74, 6) is -0.685. The van der Waals surface area contributed by atoms with Gasteiger partial charge in [-0.25, -0.2) is 14.6 Å². The molecule has 1 saturated heterocycles. The van der Waals surface area contributed by atoms with Gasteiger partial charge in [-0.05, 0) is 45.0 Å². The van der Waals surface area contributed by atoms with Gasteiger partial charge >= 0.3 is 18.2 Å². The van der Waals surface area contributed by atoms with Crippen LogP contribution in [0.25, 0.3) is 10.9 Å².